The van der Waals surface area contributed by atoms with Crippen LogP contribution >= 0.6 is 11.3 Å². The summed E-state index contributed by atoms with van der Waals surface area (Å²) in [5.74, 6) is 0.181. The summed E-state index contributed by atoms with van der Waals surface area (Å²) >= 11 is 1.55. The lowest BCUT2D eigenvalue weighted by molar-refractivity contribution is -0.144. The summed E-state index contributed by atoms with van der Waals surface area (Å²) in [4.78, 5) is 51.6. The Morgan fingerprint density at radius 1 is 1.01 bits per heavy atom. The number of halogens is 3. The molecule has 18 nitrogen and oxygen atoms in total. The van der Waals surface area contributed by atoms with Crippen molar-refractivity contribution in [2.24, 2.45) is 12.5 Å². The summed E-state index contributed by atoms with van der Waals surface area (Å²) in [5, 5.41) is 21.3. The van der Waals surface area contributed by atoms with E-state index in [2.05, 4.69) is 37.5 Å². The third-order valence-corrected chi connectivity index (χ3v) is 13.9. The largest absolute Gasteiger partial charge is 0.484 e. The minimum atomic E-state index is -5.09. The lowest BCUT2D eigenvalue weighted by Crippen LogP contribution is -2.58. The van der Waals surface area contributed by atoms with Gasteiger partial charge in [0.25, 0.3) is 10.0 Å². The van der Waals surface area contributed by atoms with Crippen LogP contribution < -0.4 is 25.8 Å². The molecule has 392 valence electrons. The van der Waals surface area contributed by atoms with Gasteiger partial charge in [-0.25, -0.2) is 22.8 Å². The van der Waals surface area contributed by atoms with Crippen molar-refractivity contribution in [1.82, 2.24) is 35.3 Å². The summed E-state index contributed by atoms with van der Waals surface area (Å²) < 4.78 is 85.5. The number of thiazole rings is 1. The van der Waals surface area contributed by atoms with E-state index in [9.17, 15) is 41.1 Å². The number of aliphatic hydroxyl groups is 1. The summed E-state index contributed by atoms with van der Waals surface area (Å²) in [7, 11) is -3.44. The van der Waals surface area contributed by atoms with Gasteiger partial charge >= 0.3 is 5.76 Å². The van der Waals surface area contributed by atoms with Crippen LogP contribution in [0.5, 0.6) is 5.75 Å². The number of aromatic nitrogens is 4. The quantitative estimate of drug-likeness (QED) is 0.0457. The van der Waals surface area contributed by atoms with Crippen molar-refractivity contribution >= 4 is 61.5 Å². The number of pyridine rings is 1. The van der Waals surface area contributed by atoms with Crippen LogP contribution in [0.15, 0.2) is 78.4 Å². The molecule has 1 aliphatic rings. The van der Waals surface area contributed by atoms with Crippen molar-refractivity contribution in [3.63, 3.8) is 0 Å². The zero-order valence-corrected chi connectivity index (χ0v) is 43.0. The number of aryl methyl sites for hydroxylation is 2. The number of hydrogen-bond donors (Lipinski definition) is 5. The Labute approximate surface area is 429 Å². The molecule has 0 saturated carbocycles. The maximum absolute atomic E-state index is 14.0. The normalized spacial score (nSPS) is 15.6. The fraction of sp³-hybridized carbons (Fsp3) is 0.373. The molecule has 0 spiro atoms. The van der Waals surface area contributed by atoms with Gasteiger partial charge < -0.3 is 40.6 Å². The first-order valence-electron chi connectivity index (χ1n) is 23.3. The van der Waals surface area contributed by atoms with Gasteiger partial charge in [-0.2, -0.15) is 13.9 Å². The van der Waals surface area contributed by atoms with E-state index in [1.54, 1.807) is 51.6 Å². The Bertz CT molecular complexity index is 3170. The number of carbonyl (C=O) groups excluding carboxylic acids is 3. The Balaban J connectivity index is 0.927. The van der Waals surface area contributed by atoms with E-state index >= 15 is 0 Å². The lowest BCUT2D eigenvalue weighted by Gasteiger charge is -2.35. The number of anilines is 2. The Morgan fingerprint density at radius 3 is 2.39 bits per heavy atom. The summed E-state index contributed by atoms with van der Waals surface area (Å²) in [6.07, 6.45) is -0.193. The molecule has 0 radical (unpaired) electrons. The average Bonchev–Trinajstić information content (AvgIpc) is 4.08. The van der Waals surface area contributed by atoms with Gasteiger partial charge in [0, 0.05) is 38.3 Å². The van der Waals surface area contributed by atoms with E-state index in [1.807, 2.05) is 35.9 Å². The molecule has 0 aliphatic carbocycles. The number of nitrogens with two attached hydrogens (primary N) is 1. The zero-order chi connectivity index (χ0) is 53.5. The van der Waals surface area contributed by atoms with E-state index < -0.39 is 75.6 Å². The van der Waals surface area contributed by atoms with E-state index in [0.717, 1.165) is 21.7 Å². The smallest absolute Gasteiger partial charge is 0.355 e. The number of likely N-dealkylation sites (tertiary alicyclic amines) is 1. The summed E-state index contributed by atoms with van der Waals surface area (Å²) in [6.45, 7) is 8.68. The number of sulfonamides is 1. The first kappa shape index (κ1) is 54.7. The van der Waals surface area contributed by atoms with E-state index in [-0.39, 0.29) is 56.6 Å². The van der Waals surface area contributed by atoms with Gasteiger partial charge in [-0.15, -0.1) is 11.3 Å². The fourth-order valence-electron chi connectivity index (χ4n) is 8.19. The van der Waals surface area contributed by atoms with Crippen LogP contribution in [-0.4, -0.2) is 113 Å². The molecule has 3 amide bonds. The van der Waals surface area contributed by atoms with Crippen LogP contribution in [0, 0.1) is 30.0 Å². The molecule has 3 aromatic heterocycles. The topological polar surface area (TPSA) is 242 Å². The van der Waals surface area contributed by atoms with Gasteiger partial charge in [0.2, 0.25) is 17.7 Å². The number of ether oxygens (including phenoxy) is 3. The molecule has 4 atom stereocenters. The number of β-amino-alcohol motifs (C(OH)–C–C–N with tert-alkyl or cyclic N) is 1. The number of nitrogen functional groups attached to an aromatic ring is 1. The maximum atomic E-state index is 14.0. The molecule has 1 fully saturated rings. The van der Waals surface area contributed by atoms with Crippen LogP contribution in [-0.2, 0) is 47.5 Å². The summed E-state index contributed by atoms with van der Waals surface area (Å²) in [5.41, 5.74) is 12.0. The number of aliphatic hydroxyl groups excluding tert-OH is 1. The van der Waals surface area contributed by atoms with Gasteiger partial charge in [-0.05, 0) is 60.2 Å². The van der Waals surface area contributed by atoms with E-state index in [4.69, 9.17) is 19.9 Å². The van der Waals surface area contributed by atoms with Crippen molar-refractivity contribution in [2.75, 3.05) is 43.4 Å². The van der Waals surface area contributed by atoms with Crippen LogP contribution in [0.25, 0.3) is 32.6 Å². The molecule has 6 N–H and O–H groups in total. The molecular weight excluding hydrogens is 1000 g/mol. The number of carbonyl (C=O) groups is 3. The van der Waals surface area contributed by atoms with Crippen molar-refractivity contribution in [1.29, 1.82) is 0 Å². The standard InChI is InChI=1S/C51H56F3N9O9S2/c1-29-45(73-28-58-29)33-11-9-31(10-12-33)24-57-48(66)39-23-37(64)26-63(39)49(67)46(51(3,4)5)59-41(65)27-71-21-20-70-19-7-8-35-25-56-47(55)42-43(60-62(6)44(35)42)34-15-18-38(61-74(68,69)50(53)54)40(22-34)72-30(2)32-13-16-36(52)17-14-32/h9-18,22,25,28,30,37,39,46,50,61,64H,19-21,23-24,26-27H2,1-6H3,(H2,55,56)(H,57,66)(H,59,65)/t30-,37+,39-,46+/m0/s1. The molecule has 1 aliphatic heterocycles. The molecule has 7 rings (SSSR count). The van der Waals surface area contributed by atoms with E-state index in [0.29, 0.717) is 33.3 Å². The lowest BCUT2D eigenvalue weighted by atomic mass is 9.85. The van der Waals surface area contributed by atoms with Gasteiger partial charge in [-0.1, -0.05) is 75.1 Å². The van der Waals surface area contributed by atoms with Crippen LogP contribution in [0.1, 0.15) is 62.6 Å². The molecular formula is C51H56F3N9O9S2. The predicted octanol–water partition coefficient (Wildman–Crippen LogP) is 6.09. The highest BCUT2D eigenvalue weighted by atomic mass is 32.2. The van der Waals surface area contributed by atoms with Crippen LogP contribution in [0.4, 0.5) is 24.7 Å². The average molecular weight is 1060 g/mol. The molecule has 6 aromatic rings. The highest BCUT2D eigenvalue weighted by molar-refractivity contribution is 7.93. The second-order valence-corrected chi connectivity index (χ2v) is 21.0. The highest BCUT2D eigenvalue weighted by Crippen LogP contribution is 2.39. The third kappa shape index (κ3) is 13.2. The third-order valence-electron chi connectivity index (χ3n) is 12.0. The molecule has 0 bridgehead atoms. The fourth-order valence-corrected chi connectivity index (χ4v) is 9.57. The maximum Gasteiger partial charge on any atom is 0.355 e. The first-order valence-corrected chi connectivity index (χ1v) is 25.7. The second-order valence-electron chi connectivity index (χ2n) is 18.5. The second kappa shape index (κ2) is 23.4. The van der Waals surface area contributed by atoms with Gasteiger partial charge in [0.15, 0.2) is 0 Å². The number of hydrogen-bond acceptors (Lipinski definition) is 14. The van der Waals surface area contributed by atoms with Gasteiger partial charge in [-0.3, -0.25) is 23.8 Å². The number of fused-ring (bicyclic) bond motifs is 1. The van der Waals surface area contributed by atoms with Crippen LogP contribution in [0.2, 0.25) is 0 Å². The van der Waals surface area contributed by atoms with Gasteiger partial charge in [0.1, 0.15) is 54.5 Å². The van der Waals surface area contributed by atoms with Crippen molar-refractivity contribution in [2.45, 2.75) is 77.6 Å². The Kier molecular flexibility index (Phi) is 17.3. The number of rotatable bonds is 19. The highest BCUT2D eigenvalue weighted by Gasteiger charge is 2.44. The SMILES string of the molecule is Cc1ncsc1-c1ccc(CNC(=O)[C@@H]2C[C@@H](O)CN2C(=O)[C@@H](NC(=O)COCCOCC#Cc2cnc(N)c3c(-c4ccc(NS(=O)(=O)C(F)F)c(O[C@@H](C)c5ccc(F)cc5)c4)nn(C)c23)C(C)(C)C)cc1. The zero-order valence-electron chi connectivity index (χ0n) is 41.3. The molecule has 23 heteroatoms. The Morgan fingerprint density at radius 2 is 1.72 bits per heavy atom. The van der Waals surface area contributed by atoms with Gasteiger partial charge in [0.05, 0.1) is 57.6 Å². The summed E-state index contributed by atoms with van der Waals surface area (Å²) in [6, 6.07) is 15.3. The molecule has 3 aromatic carbocycles. The van der Waals surface area contributed by atoms with Crippen LogP contribution in [0.3, 0.4) is 0 Å². The first-order chi connectivity index (χ1) is 35.1. The number of amides is 3. The molecule has 74 heavy (non-hydrogen) atoms. The molecule has 0 unspecified atom stereocenters. The monoisotopic (exact) mass is 1060 g/mol. The van der Waals surface area contributed by atoms with Crippen molar-refractivity contribution in [3.05, 3.63) is 107 Å². The number of nitrogens with one attached hydrogen (secondary N) is 3. The number of nitrogens with zero attached hydrogens (tertiary/aromatic N) is 5. The predicted molar refractivity (Wildman–Crippen MR) is 273 cm³/mol. The van der Waals surface area contributed by atoms with E-state index in [1.165, 1.54) is 58.2 Å². The minimum Gasteiger partial charge on any atom is -0.484 e. The Hall–Kier alpha value is -7.10. The van der Waals surface area contributed by atoms with Crippen molar-refractivity contribution in [3.8, 4) is 39.3 Å². The molecule has 1 saturated heterocycles. The molecule has 4 heterocycles. The van der Waals surface area contributed by atoms with Crippen molar-refractivity contribution < 1.29 is 55.3 Å². The number of alkyl halides is 2. The number of benzene rings is 3. The minimum absolute atomic E-state index is 0.00687.